The van der Waals surface area contributed by atoms with Crippen molar-refractivity contribution in [1.29, 1.82) is 0 Å². The van der Waals surface area contributed by atoms with Crippen LogP contribution in [0.15, 0.2) is 23.4 Å². The fourth-order valence-electron chi connectivity index (χ4n) is 1.38. The Morgan fingerprint density at radius 2 is 2.27 bits per heavy atom. The lowest BCUT2D eigenvalue weighted by Gasteiger charge is -2.13. The van der Waals surface area contributed by atoms with Crippen molar-refractivity contribution in [2.24, 2.45) is 0 Å². The van der Waals surface area contributed by atoms with Crippen molar-refractivity contribution in [2.75, 3.05) is 6.54 Å². The zero-order valence-corrected chi connectivity index (χ0v) is 7.48. The Bertz CT molecular complexity index is 177. The maximum absolute atomic E-state index is 3.37. The molecule has 1 rings (SSSR count). The first-order chi connectivity index (χ1) is 5.36. The summed E-state index contributed by atoms with van der Waals surface area (Å²) < 4.78 is 0. The van der Waals surface area contributed by atoms with Crippen molar-refractivity contribution < 1.29 is 0 Å². The molecule has 1 aliphatic rings. The van der Waals surface area contributed by atoms with Gasteiger partial charge in [0.15, 0.2) is 0 Å². The topological polar surface area (TPSA) is 12.0 Å². The molecule has 11 heavy (non-hydrogen) atoms. The summed E-state index contributed by atoms with van der Waals surface area (Å²) in [5, 5.41) is 3.37. The molecule has 1 nitrogen and oxygen atoms in total. The third-order valence-corrected chi connectivity index (χ3v) is 1.99. The highest BCUT2D eigenvalue weighted by Gasteiger charge is 2.01. The second-order valence-electron chi connectivity index (χ2n) is 2.87. The van der Waals surface area contributed by atoms with E-state index in [4.69, 9.17) is 0 Å². The first-order valence-corrected chi connectivity index (χ1v) is 4.50. The number of hydrogen-bond acceptors (Lipinski definition) is 1. The zero-order chi connectivity index (χ0) is 8.10. The largest absolute Gasteiger partial charge is 0.389 e. The normalized spacial score (nSPS) is 17.3. The predicted octanol–water partition coefficient (Wildman–Crippen LogP) is 2.61. The van der Waals surface area contributed by atoms with Gasteiger partial charge in [0.25, 0.3) is 0 Å². The first-order valence-electron chi connectivity index (χ1n) is 4.50. The average molecular weight is 151 g/mol. The van der Waals surface area contributed by atoms with Crippen molar-refractivity contribution in [1.82, 2.24) is 5.32 Å². The summed E-state index contributed by atoms with van der Waals surface area (Å²) >= 11 is 0. The number of rotatable bonds is 3. The Labute approximate surface area is 69.2 Å². The highest BCUT2D eigenvalue weighted by Crippen LogP contribution is 2.16. The van der Waals surface area contributed by atoms with Crippen LogP contribution >= 0.6 is 0 Å². The Morgan fingerprint density at radius 3 is 2.91 bits per heavy atom. The van der Waals surface area contributed by atoms with E-state index in [1.165, 1.54) is 24.1 Å². The van der Waals surface area contributed by atoms with Gasteiger partial charge in [0.1, 0.15) is 0 Å². The summed E-state index contributed by atoms with van der Waals surface area (Å²) in [6.07, 6.45) is 8.18. The van der Waals surface area contributed by atoms with Crippen LogP contribution in [-0.4, -0.2) is 6.54 Å². The third kappa shape index (κ3) is 2.41. The number of nitrogens with one attached hydrogen (secondary N) is 1. The molecule has 0 atom stereocenters. The summed E-state index contributed by atoms with van der Waals surface area (Å²) in [4.78, 5) is 0. The van der Waals surface area contributed by atoms with E-state index < -0.39 is 0 Å². The molecule has 0 saturated heterocycles. The van der Waals surface area contributed by atoms with Crippen LogP contribution in [0.1, 0.15) is 33.1 Å². The van der Waals surface area contributed by atoms with Crippen molar-refractivity contribution in [3.8, 4) is 0 Å². The molecule has 1 N–H and O–H groups in total. The molecule has 0 radical (unpaired) electrons. The predicted molar refractivity (Wildman–Crippen MR) is 49.4 cm³/mol. The van der Waals surface area contributed by atoms with E-state index in [0.717, 1.165) is 13.0 Å². The monoisotopic (exact) mass is 151 g/mol. The molecular formula is C10H17N. The molecule has 0 heterocycles. The maximum Gasteiger partial charge on any atom is 0.0115 e. The molecule has 0 amide bonds. The fraction of sp³-hybridized carbons (Fsp3) is 0.600. The van der Waals surface area contributed by atoms with Gasteiger partial charge in [0.2, 0.25) is 0 Å². The van der Waals surface area contributed by atoms with Crippen molar-refractivity contribution in [3.63, 3.8) is 0 Å². The van der Waals surface area contributed by atoms with E-state index in [-0.39, 0.29) is 0 Å². The summed E-state index contributed by atoms with van der Waals surface area (Å²) in [6.45, 7) is 5.39. The minimum Gasteiger partial charge on any atom is -0.389 e. The van der Waals surface area contributed by atoms with E-state index in [0.29, 0.717) is 0 Å². The second kappa shape index (κ2) is 4.22. The van der Waals surface area contributed by atoms with Crippen LogP contribution in [0.2, 0.25) is 0 Å². The van der Waals surface area contributed by atoms with Crippen LogP contribution in [0.5, 0.6) is 0 Å². The quantitative estimate of drug-likeness (QED) is 0.653. The van der Waals surface area contributed by atoms with Gasteiger partial charge >= 0.3 is 0 Å². The summed E-state index contributed by atoms with van der Waals surface area (Å²) in [6, 6.07) is 0. The lowest BCUT2D eigenvalue weighted by molar-refractivity contribution is 0.765. The van der Waals surface area contributed by atoms with E-state index in [9.17, 15) is 0 Å². The Morgan fingerprint density at radius 1 is 1.45 bits per heavy atom. The van der Waals surface area contributed by atoms with Crippen molar-refractivity contribution in [3.05, 3.63) is 23.4 Å². The molecular weight excluding hydrogens is 134 g/mol. The molecule has 0 fully saturated rings. The molecule has 1 heteroatoms. The van der Waals surface area contributed by atoms with Crippen LogP contribution in [0, 0.1) is 0 Å². The number of allylic oxidation sites excluding steroid dienone is 4. The number of hydrogen-bond donors (Lipinski definition) is 1. The fourth-order valence-corrected chi connectivity index (χ4v) is 1.38. The van der Waals surface area contributed by atoms with Crippen molar-refractivity contribution >= 4 is 0 Å². The lowest BCUT2D eigenvalue weighted by atomic mass is 10.0. The second-order valence-corrected chi connectivity index (χ2v) is 2.87. The average Bonchev–Trinajstić information content (AvgIpc) is 2.06. The molecule has 1 aliphatic carbocycles. The molecule has 0 spiro atoms. The highest BCUT2D eigenvalue weighted by molar-refractivity contribution is 5.26. The minimum absolute atomic E-state index is 1.04. The SMILES string of the molecule is CCNC1=CC(CC)=CCC1. The van der Waals surface area contributed by atoms with Gasteiger partial charge in [-0.05, 0) is 32.3 Å². The highest BCUT2D eigenvalue weighted by atomic mass is 14.9. The summed E-state index contributed by atoms with van der Waals surface area (Å²) in [7, 11) is 0. The van der Waals surface area contributed by atoms with Gasteiger partial charge in [-0.15, -0.1) is 0 Å². The smallest absolute Gasteiger partial charge is 0.0115 e. The van der Waals surface area contributed by atoms with Gasteiger partial charge in [0.05, 0.1) is 0 Å². The van der Waals surface area contributed by atoms with Gasteiger partial charge in [-0.1, -0.05) is 18.6 Å². The van der Waals surface area contributed by atoms with Gasteiger partial charge in [-0.3, -0.25) is 0 Å². The van der Waals surface area contributed by atoms with Gasteiger partial charge in [-0.2, -0.15) is 0 Å². The van der Waals surface area contributed by atoms with Gasteiger partial charge in [-0.25, -0.2) is 0 Å². The molecule has 0 unspecified atom stereocenters. The van der Waals surface area contributed by atoms with E-state index >= 15 is 0 Å². The zero-order valence-electron chi connectivity index (χ0n) is 7.48. The van der Waals surface area contributed by atoms with Crippen LogP contribution in [0.4, 0.5) is 0 Å². The van der Waals surface area contributed by atoms with Gasteiger partial charge in [0, 0.05) is 12.2 Å². The van der Waals surface area contributed by atoms with Crippen LogP contribution in [-0.2, 0) is 0 Å². The third-order valence-electron chi connectivity index (χ3n) is 1.99. The lowest BCUT2D eigenvalue weighted by Crippen LogP contribution is -2.13. The van der Waals surface area contributed by atoms with E-state index in [1.807, 2.05) is 0 Å². The first kappa shape index (κ1) is 8.38. The molecule has 0 aromatic rings. The standard InChI is InChI=1S/C10H17N/c1-3-9-6-5-7-10(8-9)11-4-2/h6,8,11H,3-5,7H2,1-2H3. The van der Waals surface area contributed by atoms with E-state index in [1.54, 1.807) is 0 Å². The maximum atomic E-state index is 3.37. The molecule has 0 aromatic heterocycles. The Kier molecular flexibility index (Phi) is 3.21. The van der Waals surface area contributed by atoms with E-state index in [2.05, 4.69) is 31.3 Å². The molecule has 62 valence electrons. The summed E-state index contributed by atoms with van der Waals surface area (Å²) in [5.74, 6) is 0. The van der Waals surface area contributed by atoms with Gasteiger partial charge < -0.3 is 5.32 Å². The molecule has 0 bridgehead atoms. The van der Waals surface area contributed by atoms with Crippen LogP contribution in [0.25, 0.3) is 0 Å². The summed E-state index contributed by atoms with van der Waals surface area (Å²) in [5.41, 5.74) is 2.89. The Hall–Kier alpha value is -0.720. The van der Waals surface area contributed by atoms with Crippen LogP contribution < -0.4 is 5.32 Å². The molecule has 0 saturated carbocycles. The molecule has 0 aromatic carbocycles. The van der Waals surface area contributed by atoms with Crippen LogP contribution in [0.3, 0.4) is 0 Å². The Balaban J connectivity index is 2.53. The van der Waals surface area contributed by atoms with Crippen molar-refractivity contribution in [2.45, 2.75) is 33.1 Å². The minimum atomic E-state index is 1.04. The molecule has 0 aliphatic heterocycles.